The highest BCUT2D eigenvalue weighted by Crippen LogP contribution is 2.30. The molecule has 1 amide bonds. The largest absolute Gasteiger partial charge is 0.497 e. The monoisotopic (exact) mass is 490 g/mol. The standard InChI is InChI=1S/C26H22N2O6S/c1-32-20-7-13-24(33-2)17(15-20)16-21-8-14-25(34-21)26(29)27-18-3-9-22(10-4-18)35-23-11-5-19(6-12-23)28(30)31/h3-15H,16H2,1-2H3,(H,27,29). The van der Waals surface area contributed by atoms with E-state index in [1.807, 2.05) is 30.3 Å². The lowest BCUT2D eigenvalue weighted by atomic mass is 10.1. The summed E-state index contributed by atoms with van der Waals surface area (Å²) in [6, 6.07) is 22.6. The first-order chi connectivity index (χ1) is 16.9. The Bertz CT molecular complexity index is 1330. The van der Waals surface area contributed by atoms with Gasteiger partial charge in [0.1, 0.15) is 17.3 Å². The molecule has 0 fully saturated rings. The molecular weight excluding hydrogens is 468 g/mol. The second kappa shape index (κ2) is 10.8. The van der Waals surface area contributed by atoms with Crippen LogP contribution in [0.5, 0.6) is 11.5 Å². The van der Waals surface area contributed by atoms with Gasteiger partial charge in [-0.05, 0) is 66.7 Å². The second-order valence-corrected chi connectivity index (χ2v) is 8.60. The molecule has 0 atom stereocenters. The average Bonchev–Trinajstić information content (AvgIpc) is 3.34. The maximum absolute atomic E-state index is 12.7. The highest BCUT2D eigenvalue weighted by molar-refractivity contribution is 7.99. The molecular formula is C26H22N2O6S. The quantitative estimate of drug-likeness (QED) is 0.220. The third-order valence-electron chi connectivity index (χ3n) is 5.13. The summed E-state index contributed by atoms with van der Waals surface area (Å²) in [5, 5.41) is 13.6. The molecule has 8 nitrogen and oxygen atoms in total. The maximum atomic E-state index is 12.7. The van der Waals surface area contributed by atoms with Gasteiger partial charge in [0, 0.05) is 39.6 Å². The van der Waals surface area contributed by atoms with Crippen molar-refractivity contribution in [2.75, 3.05) is 19.5 Å². The van der Waals surface area contributed by atoms with Gasteiger partial charge < -0.3 is 19.2 Å². The molecule has 1 N–H and O–H groups in total. The van der Waals surface area contributed by atoms with Gasteiger partial charge in [-0.15, -0.1) is 0 Å². The lowest BCUT2D eigenvalue weighted by Crippen LogP contribution is -2.10. The minimum Gasteiger partial charge on any atom is -0.497 e. The number of amides is 1. The number of carbonyl (C=O) groups excluding carboxylic acids is 1. The Morgan fingerprint density at radius 3 is 2.26 bits per heavy atom. The highest BCUT2D eigenvalue weighted by atomic mass is 32.2. The van der Waals surface area contributed by atoms with Crippen molar-refractivity contribution in [3.63, 3.8) is 0 Å². The van der Waals surface area contributed by atoms with Crippen molar-refractivity contribution in [1.29, 1.82) is 0 Å². The van der Waals surface area contributed by atoms with E-state index in [0.717, 1.165) is 15.4 Å². The molecule has 0 aliphatic rings. The fourth-order valence-corrected chi connectivity index (χ4v) is 4.19. The van der Waals surface area contributed by atoms with Crippen LogP contribution < -0.4 is 14.8 Å². The molecule has 1 heterocycles. The summed E-state index contributed by atoms with van der Waals surface area (Å²) in [6.07, 6.45) is 0.447. The van der Waals surface area contributed by atoms with E-state index < -0.39 is 4.92 Å². The van der Waals surface area contributed by atoms with Gasteiger partial charge in [0.15, 0.2) is 5.76 Å². The minimum atomic E-state index is -0.427. The Labute approximate surface area is 206 Å². The minimum absolute atomic E-state index is 0.0520. The van der Waals surface area contributed by atoms with E-state index in [-0.39, 0.29) is 17.4 Å². The summed E-state index contributed by atoms with van der Waals surface area (Å²) in [5.74, 6) is 1.88. The zero-order chi connectivity index (χ0) is 24.8. The van der Waals surface area contributed by atoms with Crippen molar-refractivity contribution in [3.8, 4) is 11.5 Å². The van der Waals surface area contributed by atoms with Crippen molar-refractivity contribution in [2.45, 2.75) is 16.2 Å². The van der Waals surface area contributed by atoms with E-state index in [9.17, 15) is 14.9 Å². The van der Waals surface area contributed by atoms with Gasteiger partial charge in [-0.2, -0.15) is 0 Å². The lowest BCUT2D eigenvalue weighted by molar-refractivity contribution is -0.384. The number of nitrogens with zero attached hydrogens (tertiary/aromatic N) is 1. The molecule has 0 bridgehead atoms. The van der Waals surface area contributed by atoms with Crippen LogP contribution in [0.4, 0.5) is 11.4 Å². The number of nitro benzene ring substituents is 1. The van der Waals surface area contributed by atoms with Gasteiger partial charge in [0.05, 0.1) is 19.1 Å². The number of methoxy groups -OCH3 is 2. The molecule has 0 saturated heterocycles. The van der Waals surface area contributed by atoms with E-state index >= 15 is 0 Å². The summed E-state index contributed by atoms with van der Waals surface area (Å²) in [4.78, 5) is 24.8. The number of rotatable bonds is 9. The summed E-state index contributed by atoms with van der Waals surface area (Å²) in [5.41, 5.74) is 1.56. The van der Waals surface area contributed by atoms with Gasteiger partial charge in [-0.3, -0.25) is 14.9 Å². The molecule has 0 radical (unpaired) electrons. The van der Waals surface area contributed by atoms with Gasteiger partial charge in [0.25, 0.3) is 11.6 Å². The summed E-state index contributed by atoms with van der Waals surface area (Å²) < 4.78 is 16.5. The molecule has 4 aromatic rings. The number of benzene rings is 3. The van der Waals surface area contributed by atoms with Gasteiger partial charge in [0.2, 0.25) is 0 Å². The molecule has 3 aromatic carbocycles. The molecule has 0 aliphatic heterocycles. The van der Waals surface area contributed by atoms with E-state index in [1.165, 1.54) is 23.9 Å². The van der Waals surface area contributed by atoms with Crippen molar-refractivity contribution >= 4 is 29.0 Å². The molecule has 0 saturated carbocycles. The van der Waals surface area contributed by atoms with Crippen LogP contribution in [0, 0.1) is 10.1 Å². The van der Waals surface area contributed by atoms with E-state index in [1.54, 1.807) is 50.6 Å². The average molecular weight is 491 g/mol. The van der Waals surface area contributed by atoms with E-state index in [2.05, 4.69) is 5.32 Å². The lowest BCUT2D eigenvalue weighted by Gasteiger charge is -2.09. The number of furan rings is 1. The van der Waals surface area contributed by atoms with Crippen molar-refractivity contribution < 1.29 is 23.6 Å². The first kappa shape index (κ1) is 23.9. The van der Waals surface area contributed by atoms with Crippen LogP contribution in [0.2, 0.25) is 0 Å². The number of ether oxygens (including phenoxy) is 2. The number of hydrogen-bond acceptors (Lipinski definition) is 7. The molecule has 0 aliphatic carbocycles. The fourth-order valence-electron chi connectivity index (χ4n) is 3.37. The normalized spacial score (nSPS) is 10.6. The molecule has 178 valence electrons. The number of carbonyl (C=O) groups is 1. The Hall–Kier alpha value is -4.24. The third kappa shape index (κ3) is 6.01. The van der Waals surface area contributed by atoms with E-state index in [0.29, 0.717) is 29.4 Å². The molecule has 0 unspecified atom stereocenters. The second-order valence-electron chi connectivity index (χ2n) is 7.45. The van der Waals surface area contributed by atoms with Crippen LogP contribution in [-0.4, -0.2) is 25.1 Å². The maximum Gasteiger partial charge on any atom is 0.291 e. The zero-order valence-corrected chi connectivity index (χ0v) is 19.8. The number of nitrogens with one attached hydrogen (secondary N) is 1. The number of hydrogen-bond donors (Lipinski definition) is 1. The fraction of sp³-hybridized carbons (Fsp3) is 0.115. The van der Waals surface area contributed by atoms with Gasteiger partial charge in [-0.1, -0.05) is 11.8 Å². The van der Waals surface area contributed by atoms with Gasteiger partial charge >= 0.3 is 0 Å². The number of non-ortho nitro benzene ring substituents is 1. The zero-order valence-electron chi connectivity index (χ0n) is 19.0. The van der Waals surface area contributed by atoms with Crippen LogP contribution in [0.3, 0.4) is 0 Å². The van der Waals surface area contributed by atoms with Crippen molar-refractivity contribution in [1.82, 2.24) is 0 Å². The molecule has 9 heteroatoms. The first-order valence-electron chi connectivity index (χ1n) is 10.6. The SMILES string of the molecule is COc1ccc(OC)c(Cc2ccc(C(=O)Nc3ccc(Sc4ccc([N+](=O)[O-])cc4)cc3)o2)c1. The van der Waals surface area contributed by atoms with Crippen LogP contribution in [0.25, 0.3) is 0 Å². The topological polar surface area (TPSA) is 104 Å². The summed E-state index contributed by atoms with van der Waals surface area (Å²) in [7, 11) is 3.20. The van der Waals surface area contributed by atoms with Crippen molar-refractivity contribution in [3.05, 3.63) is 106 Å². The van der Waals surface area contributed by atoms with Crippen molar-refractivity contribution in [2.24, 2.45) is 0 Å². The van der Waals surface area contributed by atoms with E-state index in [4.69, 9.17) is 13.9 Å². The van der Waals surface area contributed by atoms with Crippen LogP contribution in [0.1, 0.15) is 21.9 Å². The Morgan fingerprint density at radius 1 is 0.943 bits per heavy atom. The smallest absolute Gasteiger partial charge is 0.291 e. The predicted molar refractivity (Wildman–Crippen MR) is 133 cm³/mol. The summed E-state index contributed by atoms with van der Waals surface area (Å²) in [6.45, 7) is 0. The number of nitro groups is 1. The predicted octanol–water partition coefficient (Wildman–Crippen LogP) is 6.20. The van der Waals surface area contributed by atoms with Crippen LogP contribution in [-0.2, 0) is 6.42 Å². The van der Waals surface area contributed by atoms with Gasteiger partial charge in [-0.25, -0.2) is 0 Å². The molecule has 35 heavy (non-hydrogen) atoms. The third-order valence-corrected chi connectivity index (χ3v) is 6.15. The number of anilines is 1. The Morgan fingerprint density at radius 2 is 1.63 bits per heavy atom. The molecule has 0 spiro atoms. The van der Waals surface area contributed by atoms with Crippen LogP contribution >= 0.6 is 11.8 Å². The molecule has 4 rings (SSSR count). The van der Waals surface area contributed by atoms with Crippen LogP contribution in [0.15, 0.2) is 93.1 Å². The Kier molecular flexibility index (Phi) is 7.37. The highest BCUT2D eigenvalue weighted by Gasteiger charge is 2.14. The summed E-state index contributed by atoms with van der Waals surface area (Å²) >= 11 is 1.47. The molecule has 1 aromatic heterocycles. The first-order valence-corrected chi connectivity index (χ1v) is 11.4. The Balaban J connectivity index is 1.37.